The van der Waals surface area contributed by atoms with E-state index in [-0.39, 0.29) is 24.5 Å². The number of ether oxygens (including phenoxy) is 1. The van der Waals surface area contributed by atoms with Gasteiger partial charge in [0.2, 0.25) is 5.91 Å². The van der Waals surface area contributed by atoms with Crippen molar-refractivity contribution in [1.82, 2.24) is 10.6 Å². The van der Waals surface area contributed by atoms with Crippen LogP contribution in [0.5, 0.6) is 0 Å². The molecule has 6 nitrogen and oxygen atoms in total. The minimum absolute atomic E-state index is 0.0131. The summed E-state index contributed by atoms with van der Waals surface area (Å²) in [7, 11) is 1.63. The van der Waals surface area contributed by atoms with Crippen molar-refractivity contribution >= 4 is 11.9 Å². The maximum atomic E-state index is 12.1. The predicted octanol–water partition coefficient (Wildman–Crippen LogP) is -0.123. The average Bonchev–Trinajstić information content (AvgIpc) is 2.73. The molecule has 102 valence electrons. The van der Waals surface area contributed by atoms with Crippen molar-refractivity contribution in [1.29, 1.82) is 0 Å². The number of nitrogens with one attached hydrogen (secondary N) is 2. The van der Waals surface area contributed by atoms with E-state index in [2.05, 4.69) is 10.6 Å². The molecule has 0 spiro atoms. The molecule has 1 saturated heterocycles. The van der Waals surface area contributed by atoms with Crippen LogP contribution in [0.15, 0.2) is 0 Å². The van der Waals surface area contributed by atoms with Crippen molar-refractivity contribution in [3.05, 3.63) is 0 Å². The molecule has 3 N–H and O–H groups in total. The molecule has 6 heteroatoms. The zero-order chi connectivity index (χ0) is 13.2. The molecule has 1 aliphatic carbocycles. The lowest BCUT2D eigenvalue weighted by molar-refractivity contribution is -0.140. The summed E-state index contributed by atoms with van der Waals surface area (Å²) in [5.74, 6) is -0.959. The Kier molecular flexibility index (Phi) is 3.87. The zero-order valence-corrected chi connectivity index (χ0v) is 10.6. The molecule has 0 aromatic heterocycles. The first kappa shape index (κ1) is 13.3. The van der Waals surface area contributed by atoms with Gasteiger partial charge in [0.05, 0.1) is 24.1 Å². The highest BCUT2D eigenvalue weighted by atomic mass is 16.5. The fourth-order valence-electron chi connectivity index (χ4n) is 2.67. The van der Waals surface area contributed by atoms with Crippen LogP contribution >= 0.6 is 0 Å². The third-order valence-corrected chi connectivity index (χ3v) is 3.93. The predicted molar refractivity (Wildman–Crippen MR) is 64.2 cm³/mol. The van der Waals surface area contributed by atoms with Crippen LogP contribution in [0.4, 0.5) is 0 Å². The molecule has 1 heterocycles. The minimum atomic E-state index is -0.857. The number of carbonyl (C=O) groups is 2. The maximum Gasteiger partial charge on any atom is 0.305 e. The van der Waals surface area contributed by atoms with E-state index in [1.54, 1.807) is 7.11 Å². The van der Waals surface area contributed by atoms with Crippen LogP contribution in [-0.4, -0.2) is 48.3 Å². The molecule has 0 aromatic carbocycles. The Bertz CT molecular complexity index is 341. The summed E-state index contributed by atoms with van der Waals surface area (Å²) in [6.45, 7) is 0.667. The quantitative estimate of drug-likeness (QED) is 0.638. The smallest absolute Gasteiger partial charge is 0.305 e. The van der Waals surface area contributed by atoms with Crippen LogP contribution in [-0.2, 0) is 14.3 Å². The van der Waals surface area contributed by atoms with Gasteiger partial charge < -0.3 is 20.5 Å². The molecule has 0 bridgehead atoms. The van der Waals surface area contributed by atoms with Gasteiger partial charge in [-0.3, -0.25) is 9.59 Å². The second-order valence-corrected chi connectivity index (χ2v) is 5.25. The van der Waals surface area contributed by atoms with Crippen LogP contribution in [0.1, 0.15) is 32.1 Å². The van der Waals surface area contributed by atoms with E-state index in [0.717, 1.165) is 19.3 Å². The highest BCUT2D eigenvalue weighted by molar-refractivity contribution is 5.84. The van der Waals surface area contributed by atoms with Crippen LogP contribution < -0.4 is 10.6 Å². The molecule has 0 aromatic rings. The Labute approximate surface area is 106 Å². The Balaban J connectivity index is 1.88. The molecular weight excluding hydrogens is 236 g/mol. The first-order valence-electron chi connectivity index (χ1n) is 6.35. The third-order valence-electron chi connectivity index (χ3n) is 3.93. The van der Waals surface area contributed by atoms with E-state index >= 15 is 0 Å². The summed E-state index contributed by atoms with van der Waals surface area (Å²) < 4.78 is 5.19. The first-order valence-corrected chi connectivity index (χ1v) is 6.35. The SMILES string of the molecule is COC1CNC(C(=O)NC2(CC(=O)O)CCC2)C1. The van der Waals surface area contributed by atoms with Gasteiger partial charge in [-0.25, -0.2) is 0 Å². The van der Waals surface area contributed by atoms with Crippen molar-refractivity contribution < 1.29 is 19.4 Å². The molecule has 1 saturated carbocycles. The summed E-state index contributed by atoms with van der Waals surface area (Å²) in [4.78, 5) is 22.9. The largest absolute Gasteiger partial charge is 0.481 e. The van der Waals surface area contributed by atoms with Gasteiger partial charge >= 0.3 is 5.97 Å². The van der Waals surface area contributed by atoms with Gasteiger partial charge in [-0.1, -0.05) is 0 Å². The molecule has 2 rings (SSSR count). The van der Waals surface area contributed by atoms with Gasteiger partial charge in [0.1, 0.15) is 0 Å². The monoisotopic (exact) mass is 256 g/mol. The minimum Gasteiger partial charge on any atom is -0.481 e. The van der Waals surface area contributed by atoms with E-state index in [9.17, 15) is 9.59 Å². The van der Waals surface area contributed by atoms with Crippen LogP contribution in [0.3, 0.4) is 0 Å². The molecule has 2 atom stereocenters. The van der Waals surface area contributed by atoms with Crippen molar-refractivity contribution in [2.75, 3.05) is 13.7 Å². The number of hydrogen-bond acceptors (Lipinski definition) is 4. The number of hydrogen-bond donors (Lipinski definition) is 3. The standard InChI is InChI=1S/C12H20N2O4/c1-18-8-5-9(13-7-8)11(17)14-12(3-2-4-12)6-10(15)16/h8-9,13H,2-7H2,1H3,(H,14,17)(H,15,16). The maximum absolute atomic E-state index is 12.1. The summed E-state index contributed by atoms with van der Waals surface area (Å²) in [5.41, 5.74) is -0.518. The molecule has 2 fully saturated rings. The van der Waals surface area contributed by atoms with E-state index in [1.807, 2.05) is 0 Å². The van der Waals surface area contributed by atoms with Crippen LogP contribution in [0.2, 0.25) is 0 Å². The summed E-state index contributed by atoms with van der Waals surface area (Å²) in [5, 5.41) is 14.9. The highest BCUT2D eigenvalue weighted by Gasteiger charge is 2.42. The first-order chi connectivity index (χ1) is 8.54. The van der Waals surface area contributed by atoms with E-state index in [1.165, 1.54) is 0 Å². The summed E-state index contributed by atoms with van der Waals surface area (Å²) >= 11 is 0. The van der Waals surface area contributed by atoms with Gasteiger partial charge in [-0.15, -0.1) is 0 Å². The fraction of sp³-hybridized carbons (Fsp3) is 0.833. The average molecular weight is 256 g/mol. The Hall–Kier alpha value is -1.14. The van der Waals surface area contributed by atoms with Gasteiger partial charge in [-0.05, 0) is 25.7 Å². The van der Waals surface area contributed by atoms with Gasteiger partial charge in [-0.2, -0.15) is 0 Å². The Morgan fingerprint density at radius 2 is 2.22 bits per heavy atom. The topological polar surface area (TPSA) is 87.7 Å². The molecule has 1 aliphatic heterocycles. The lowest BCUT2D eigenvalue weighted by atomic mass is 9.74. The van der Waals surface area contributed by atoms with Gasteiger partial charge in [0, 0.05) is 13.7 Å². The second-order valence-electron chi connectivity index (χ2n) is 5.25. The Morgan fingerprint density at radius 3 is 2.67 bits per heavy atom. The molecule has 1 amide bonds. The van der Waals surface area contributed by atoms with Gasteiger partial charge in [0.15, 0.2) is 0 Å². The number of aliphatic carboxylic acids is 1. The van der Waals surface area contributed by atoms with E-state index in [4.69, 9.17) is 9.84 Å². The fourth-order valence-corrected chi connectivity index (χ4v) is 2.67. The molecule has 0 radical (unpaired) electrons. The van der Waals surface area contributed by atoms with Crippen molar-refractivity contribution in [3.8, 4) is 0 Å². The lowest BCUT2D eigenvalue weighted by Crippen LogP contribution is -2.58. The number of amides is 1. The number of carbonyl (C=O) groups excluding carboxylic acids is 1. The van der Waals surface area contributed by atoms with E-state index < -0.39 is 11.5 Å². The number of rotatable bonds is 5. The molecule has 18 heavy (non-hydrogen) atoms. The number of carboxylic acid groups (broad SMARTS) is 1. The van der Waals surface area contributed by atoms with Crippen molar-refractivity contribution in [3.63, 3.8) is 0 Å². The Morgan fingerprint density at radius 1 is 1.50 bits per heavy atom. The zero-order valence-electron chi connectivity index (χ0n) is 10.6. The molecular formula is C12H20N2O4. The number of methoxy groups -OCH3 is 1. The van der Waals surface area contributed by atoms with Crippen LogP contribution in [0, 0.1) is 0 Å². The molecule has 2 unspecified atom stereocenters. The van der Waals surface area contributed by atoms with Crippen molar-refractivity contribution in [2.24, 2.45) is 0 Å². The van der Waals surface area contributed by atoms with Crippen LogP contribution in [0.25, 0.3) is 0 Å². The summed E-state index contributed by atoms with van der Waals surface area (Å²) in [6.07, 6.45) is 3.21. The number of carboxylic acids is 1. The third kappa shape index (κ3) is 2.81. The highest BCUT2D eigenvalue weighted by Crippen LogP contribution is 2.35. The van der Waals surface area contributed by atoms with Crippen molar-refractivity contribution in [2.45, 2.75) is 49.8 Å². The lowest BCUT2D eigenvalue weighted by Gasteiger charge is -2.42. The summed E-state index contributed by atoms with van der Waals surface area (Å²) in [6, 6.07) is -0.263. The second kappa shape index (κ2) is 5.24. The van der Waals surface area contributed by atoms with Gasteiger partial charge in [0.25, 0.3) is 0 Å². The molecule has 2 aliphatic rings. The normalized spacial score (nSPS) is 29.6. The van der Waals surface area contributed by atoms with E-state index in [0.29, 0.717) is 13.0 Å².